The summed E-state index contributed by atoms with van der Waals surface area (Å²) in [6.07, 6.45) is 6.70. The quantitative estimate of drug-likeness (QED) is 0.758. The molecule has 0 bridgehead atoms. The van der Waals surface area contributed by atoms with Gasteiger partial charge in [-0.3, -0.25) is 4.90 Å². The molecule has 0 aromatic rings. The predicted molar refractivity (Wildman–Crippen MR) is 85.1 cm³/mol. The van der Waals surface area contributed by atoms with E-state index in [-0.39, 0.29) is 5.54 Å². The van der Waals surface area contributed by atoms with Gasteiger partial charge in [0, 0.05) is 37.3 Å². The number of ether oxygens (including phenoxy) is 1. The van der Waals surface area contributed by atoms with Crippen LogP contribution in [0.25, 0.3) is 0 Å². The van der Waals surface area contributed by atoms with Crippen molar-refractivity contribution in [3.8, 4) is 0 Å². The molecule has 0 unspecified atom stereocenters. The molecule has 20 heavy (non-hydrogen) atoms. The summed E-state index contributed by atoms with van der Waals surface area (Å²) >= 11 is 0. The molecule has 0 radical (unpaired) electrons. The summed E-state index contributed by atoms with van der Waals surface area (Å²) in [7, 11) is 0. The molecule has 1 aliphatic heterocycles. The summed E-state index contributed by atoms with van der Waals surface area (Å²) in [5.74, 6) is 0.745. The van der Waals surface area contributed by atoms with Crippen molar-refractivity contribution in [2.24, 2.45) is 5.92 Å². The van der Waals surface area contributed by atoms with Crippen molar-refractivity contribution in [3.05, 3.63) is 0 Å². The number of piperazine rings is 1. The molecule has 2 aliphatic rings. The molecule has 2 fully saturated rings. The Kier molecular flexibility index (Phi) is 5.49. The molecule has 1 saturated heterocycles. The van der Waals surface area contributed by atoms with Gasteiger partial charge < -0.3 is 10.1 Å². The maximum absolute atomic E-state index is 5.86. The van der Waals surface area contributed by atoms with Gasteiger partial charge in [-0.2, -0.15) is 0 Å². The zero-order valence-corrected chi connectivity index (χ0v) is 14.0. The molecular formula is C17H34N2O. The third-order valence-corrected chi connectivity index (χ3v) is 5.03. The molecule has 0 aromatic heterocycles. The fourth-order valence-electron chi connectivity index (χ4n) is 3.65. The highest BCUT2D eigenvalue weighted by molar-refractivity contribution is 5.04. The number of nitrogens with zero attached hydrogens (tertiary/aromatic N) is 1. The summed E-state index contributed by atoms with van der Waals surface area (Å²) in [6, 6.07) is 0. The van der Waals surface area contributed by atoms with Crippen molar-refractivity contribution in [1.29, 1.82) is 0 Å². The van der Waals surface area contributed by atoms with E-state index in [2.05, 4.69) is 37.9 Å². The van der Waals surface area contributed by atoms with Crippen LogP contribution in [0, 0.1) is 5.92 Å². The minimum Gasteiger partial charge on any atom is -0.380 e. The maximum Gasteiger partial charge on any atom is 0.0593 e. The average molecular weight is 282 g/mol. The molecule has 0 atom stereocenters. The third kappa shape index (κ3) is 4.19. The van der Waals surface area contributed by atoms with Gasteiger partial charge >= 0.3 is 0 Å². The van der Waals surface area contributed by atoms with Crippen molar-refractivity contribution in [1.82, 2.24) is 10.2 Å². The van der Waals surface area contributed by atoms with Crippen molar-refractivity contribution in [2.75, 3.05) is 32.8 Å². The zero-order chi connectivity index (χ0) is 14.6. The molecule has 0 amide bonds. The van der Waals surface area contributed by atoms with E-state index in [1.807, 2.05) is 0 Å². The third-order valence-electron chi connectivity index (χ3n) is 5.03. The summed E-state index contributed by atoms with van der Waals surface area (Å²) < 4.78 is 5.86. The first-order chi connectivity index (χ1) is 9.44. The highest BCUT2D eigenvalue weighted by Crippen LogP contribution is 2.38. The van der Waals surface area contributed by atoms with Crippen LogP contribution in [0.15, 0.2) is 0 Å². The van der Waals surface area contributed by atoms with Crippen LogP contribution in [0.2, 0.25) is 0 Å². The van der Waals surface area contributed by atoms with Crippen molar-refractivity contribution in [2.45, 2.75) is 70.9 Å². The van der Waals surface area contributed by atoms with E-state index >= 15 is 0 Å². The Labute approximate surface area is 125 Å². The number of hydrogen-bond acceptors (Lipinski definition) is 3. The van der Waals surface area contributed by atoms with Gasteiger partial charge in [-0.05, 0) is 39.0 Å². The van der Waals surface area contributed by atoms with Crippen molar-refractivity contribution in [3.63, 3.8) is 0 Å². The normalized spacial score (nSPS) is 25.6. The minimum atomic E-state index is 0.242. The van der Waals surface area contributed by atoms with Crippen LogP contribution < -0.4 is 5.32 Å². The second kappa shape index (κ2) is 6.76. The average Bonchev–Trinajstić information content (AvgIpc) is 2.83. The molecule has 118 valence electrons. The second-order valence-corrected chi connectivity index (χ2v) is 7.89. The summed E-state index contributed by atoms with van der Waals surface area (Å²) in [5, 5.41) is 3.76. The van der Waals surface area contributed by atoms with Crippen LogP contribution in [0.4, 0.5) is 0 Å². The van der Waals surface area contributed by atoms with Gasteiger partial charge in [0.2, 0.25) is 0 Å². The zero-order valence-electron chi connectivity index (χ0n) is 14.0. The van der Waals surface area contributed by atoms with Crippen LogP contribution in [-0.4, -0.2) is 48.8 Å². The first kappa shape index (κ1) is 16.3. The summed E-state index contributed by atoms with van der Waals surface area (Å²) in [4.78, 5) is 2.73. The summed E-state index contributed by atoms with van der Waals surface area (Å²) in [5.41, 5.74) is 0.669. The monoisotopic (exact) mass is 282 g/mol. The lowest BCUT2D eigenvalue weighted by Gasteiger charge is -2.51. The van der Waals surface area contributed by atoms with Gasteiger partial charge in [0.05, 0.1) is 6.61 Å². The Morgan fingerprint density at radius 1 is 1.15 bits per heavy atom. The van der Waals surface area contributed by atoms with Crippen molar-refractivity contribution >= 4 is 0 Å². The highest BCUT2D eigenvalue weighted by Gasteiger charge is 2.45. The molecule has 2 rings (SSSR count). The number of nitrogens with one attached hydrogen (secondary N) is 1. The SMILES string of the molecule is CC(C)CCOCCN1CC(C)(C)NCC12CCCC2. The first-order valence-corrected chi connectivity index (χ1v) is 8.51. The molecule has 1 saturated carbocycles. The van der Waals surface area contributed by atoms with Gasteiger partial charge in [0.1, 0.15) is 0 Å². The molecule has 1 spiro atoms. The molecule has 1 aliphatic carbocycles. The van der Waals surface area contributed by atoms with E-state index in [0.717, 1.165) is 38.8 Å². The molecule has 1 N–H and O–H groups in total. The maximum atomic E-state index is 5.86. The molecule has 3 nitrogen and oxygen atoms in total. The van der Waals surface area contributed by atoms with Crippen LogP contribution in [0.5, 0.6) is 0 Å². The van der Waals surface area contributed by atoms with Crippen LogP contribution in [0.1, 0.15) is 59.8 Å². The van der Waals surface area contributed by atoms with E-state index in [0.29, 0.717) is 5.54 Å². The van der Waals surface area contributed by atoms with Gasteiger partial charge in [-0.1, -0.05) is 26.7 Å². The van der Waals surface area contributed by atoms with Gasteiger partial charge in [0.25, 0.3) is 0 Å². The Balaban J connectivity index is 1.81. The largest absolute Gasteiger partial charge is 0.380 e. The Hall–Kier alpha value is -0.120. The molecule has 1 heterocycles. The fourth-order valence-corrected chi connectivity index (χ4v) is 3.65. The van der Waals surface area contributed by atoms with Crippen LogP contribution in [-0.2, 0) is 4.74 Å². The van der Waals surface area contributed by atoms with Crippen molar-refractivity contribution < 1.29 is 4.74 Å². The van der Waals surface area contributed by atoms with E-state index < -0.39 is 0 Å². The second-order valence-electron chi connectivity index (χ2n) is 7.89. The number of hydrogen-bond donors (Lipinski definition) is 1. The van der Waals surface area contributed by atoms with E-state index in [4.69, 9.17) is 4.74 Å². The van der Waals surface area contributed by atoms with Gasteiger partial charge in [0.15, 0.2) is 0 Å². The standard InChI is InChI=1S/C17H34N2O/c1-15(2)7-11-20-12-10-19-14-16(3,4)18-13-17(19)8-5-6-9-17/h15,18H,5-14H2,1-4H3. The lowest BCUT2D eigenvalue weighted by molar-refractivity contribution is -0.00567. The first-order valence-electron chi connectivity index (χ1n) is 8.51. The topological polar surface area (TPSA) is 24.5 Å². The van der Waals surface area contributed by atoms with Crippen LogP contribution in [0.3, 0.4) is 0 Å². The smallest absolute Gasteiger partial charge is 0.0593 e. The fraction of sp³-hybridized carbons (Fsp3) is 1.00. The van der Waals surface area contributed by atoms with E-state index in [1.165, 1.54) is 32.1 Å². The molecule has 0 aromatic carbocycles. The molecular weight excluding hydrogens is 248 g/mol. The van der Waals surface area contributed by atoms with Gasteiger partial charge in [-0.15, -0.1) is 0 Å². The lowest BCUT2D eigenvalue weighted by Crippen LogP contribution is -2.67. The molecule has 3 heteroatoms. The Morgan fingerprint density at radius 2 is 1.85 bits per heavy atom. The Bertz CT molecular complexity index is 295. The van der Waals surface area contributed by atoms with Gasteiger partial charge in [-0.25, -0.2) is 0 Å². The summed E-state index contributed by atoms with van der Waals surface area (Å²) in [6.45, 7) is 14.4. The van der Waals surface area contributed by atoms with E-state index in [9.17, 15) is 0 Å². The highest BCUT2D eigenvalue weighted by atomic mass is 16.5. The Morgan fingerprint density at radius 3 is 2.50 bits per heavy atom. The lowest BCUT2D eigenvalue weighted by atomic mass is 9.87. The van der Waals surface area contributed by atoms with Crippen LogP contribution >= 0.6 is 0 Å². The van der Waals surface area contributed by atoms with E-state index in [1.54, 1.807) is 0 Å². The minimum absolute atomic E-state index is 0.242. The number of rotatable bonds is 6. The predicted octanol–water partition coefficient (Wildman–Crippen LogP) is 3.05.